The van der Waals surface area contributed by atoms with Crippen molar-refractivity contribution >= 4 is 40.3 Å². The molecule has 0 saturated carbocycles. The molecule has 0 radical (unpaired) electrons. The molecule has 2 aromatic carbocycles. The van der Waals surface area contributed by atoms with Gasteiger partial charge in [-0.3, -0.25) is 19.3 Å². The number of carbonyl (C=O) groups is 4. The van der Waals surface area contributed by atoms with E-state index in [-0.39, 0.29) is 41.6 Å². The molecule has 9 nitrogen and oxygen atoms in total. The SMILES string of the molecule is N=c1ccc2c(-c3ccccc3C(=O)O)c3ccc(NC(=O)CCCN4C(=O)C=CC4=O)cc3oc-2c1. The Bertz CT molecular complexity index is 1630. The van der Waals surface area contributed by atoms with Crippen LogP contribution in [0.25, 0.3) is 33.4 Å². The molecule has 0 bridgehead atoms. The van der Waals surface area contributed by atoms with Crippen LogP contribution >= 0.6 is 0 Å². The predicted octanol–water partition coefficient (Wildman–Crippen LogP) is 4.03. The molecule has 2 aromatic rings. The first-order valence-corrected chi connectivity index (χ1v) is 11.5. The molecular formula is C28H21N3O6. The summed E-state index contributed by atoms with van der Waals surface area (Å²) in [5, 5.41) is 21.5. The Balaban J connectivity index is 1.47. The van der Waals surface area contributed by atoms with Crippen molar-refractivity contribution in [1.29, 1.82) is 5.41 Å². The molecule has 2 heterocycles. The molecule has 37 heavy (non-hydrogen) atoms. The number of rotatable bonds is 7. The van der Waals surface area contributed by atoms with E-state index in [9.17, 15) is 24.3 Å². The van der Waals surface area contributed by atoms with Gasteiger partial charge in [0.15, 0.2) is 0 Å². The maximum atomic E-state index is 12.5. The zero-order valence-corrected chi connectivity index (χ0v) is 19.5. The summed E-state index contributed by atoms with van der Waals surface area (Å²) >= 11 is 0. The molecular weight excluding hydrogens is 474 g/mol. The number of carboxylic acids is 1. The summed E-state index contributed by atoms with van der Waals surface area (Å²) in [4.78, 5) is 48.8. The molecule has 0 fully saturated rings. The molecule has 0 aromatic heterocycles. The van der Waals surface area contributed by atoms with Gasteiger partial charge in [0.25, 0.3) is 11.8 Å². The smallest absolute Gasteiger partial charge is 0.336 e. The molecule has 1 aliphatic carbocycles. The summed E-state index contributed by atoms with van der Waals surface area (Å²) in [6.45, 7) is 0.152. The lowest BCUT2D eigenvalue weighted by atomic mass is 9.91. The molecule has 0 unspecified atom stereocenters. The van der Waals surface area contributed by atoms with Crippen LogP contribution in [0.4, 0.5) is 5.69 Å². The van der Waals surface area contributed by atoms with Crippen molar-refractivity contribution in [3.63, 3.8) is 0 Å². The first-order valence-electron chi connectivity index (χ1n) is 11.5. The van der Waals surface area contributed by atoms with Gasteiger partial charge in [-0.05, 0) is 42.3 Å². The van der Waals surface area contributed by atoms with Gasteiger partial charge < -0.3 is 20.2 Å². The summed E-state index contributed by atoms with van der Waals surface area (Å²) in [5.74, 6) is -1.72. The summed E-state index contributed by atoms with van der Waals surface area (Å²) in [6, 6.07) is 16.7. The number of carbonyl (C=O) groups excluding carboxylic acids is 3. The minimum Gasteiger partial charge on any atom is -0.478 e. The minimum atomic E-state index is -1.06. The van der Waals surface area contributed by atoms with Crippen LogP contribution in [-0.2, 0) is 14.4 Å². The predicted molar refractivity (Wildman–Crippen MR) is 135 cm³/mol. The number of hydrogen-bond acceptors (Lipinski definition) is 6. The maximum Gasteiger partial charge on any atom is 0.336 e. The number of carboxylic acid groups (broad SMARTS) is 1. The lowest BCUT2D eigenvalue weighted by Gasteiger charge is -2.17. The fraction of sp³-hybridized carbons (Fsp3) is 0.107. The highest BCUT2D eigenvalue weighted by atomic mass is 16.4. The zero-order chi connectivity index (χ0) is 26.1. The molecule has 3 N–H and O–H groups in total. The van der Waals surface area contributed by atoms with Gasteiger partial charge in [-0.2, -0.15) is 0 Å². The van der Waals surface area contributed by atoms with E-state index >= 15 is 0 Å². The first-order chi connectivity index (χ1) is 17.8. The molecule has 9 heteroatoms. The third kappa shape index (κ3) is 4.62. The molecule has 5 rings (SSSR count). The quantitative estimate of drug-likeness (QED) is 0.261. The van der Waals surface area contributed by atoms with Crippen molar-refractivity contribution in [1.82, 2.24) is 4.90 Å². The van der Waals surface area contributed by atoms with Crippen LogP contribution in [-0.4, -0.2) is 40.2 Å². The number of hydrogen-bond donors (Lipinski definition) is 3. The zero-order valence-electron chi connectivity index (χ0n) is 19.5. The van der Waals surface area contributed by atoms with Crippen LogP contribution in [0.3, 0.4) is 0 Å². The largest absolute Gasteiger partial charge is 0.478 e. The highest BCUT2D eigenvalue weighted by molar-refractivity contribution is 6.13. The van der Waals surface area contributed by atoms with Crippen molar-refractivity contribution in [3.8, 4) is 22.5 Å². The fourth-order valence-electron chi connectivity index (χ4n) is 4.42. The third-order valence-corrected chi connectivity index (χ3v) is 6.12. The van der Waals surface area contributed by atoms with Gasteiger partial charge in [-0.1, -0.05) is 18.2 Å². The molecule has 3 amide bonds. The van der Waals surface area contributed by atoms with E-state index < -0.39 is 5.97 Å². The van der Waals surface area contributed by atoms with Crippen molar-refractivity contribution in [2.45, 2.75) is 12.8 Å². The number of imide groups is 1. The monoisotopic (exact) mass is 495 g/mol. The standard InChI is InChI=1S/C28H21N3O6/c29-16-7-9-20-22(14-16)37-23-15-17(30-24(32)6-3-13-31-25(33)11-12-26(31)34)8-10-21(23)27(20)18-4-1-2-5-19(18)28(35)36/h1-2,4-5,7-12,14-15,29H,3,6,13H2,(H,30,32)(H,35,36). The Morgan fingerprint density at radius 3 is 2.46 bits per heavy atom. The minimum absolute atomic E-state index is 0.101. The Labute approximate surface area is 210 Å². The molecule has 3 aliphatic rings. The number of amides is 3. The van der Waals surface area contributed by atoms with E-state index in [0.29, 0.717) is 45.5 Å². The maximum absolute atomic E-state index is 12.5. The molecule has 0 saturated heterocycles. The lowest BCUT2D eigenvalue weighted by Crippen LogP contribution is -2.31. The number of anilines is 1. The van der Waals surface area contributed by atoms with Crippen molar-refractivity contribution in [2.24, 2.45) is 0 Å². The van der Waals surface area contributed by atoms with Gasteiger partial charge in [0.1, 0.15) is 11.3 Å². The van der Waals surface area contributed by atoms with E-state index in [4.69, 9.17) is 9.83 Å². The van der Waals surface area contributed by atoms with Crippen LogP contribution in [0.5, 0.6) is 0 Å². The van der Waals surface area contributed by atoms with Gasteiger partial charge in [-0.15, -0.1) is 0 Å². The van der Waals surface area contributed by atoms with Crippen molar-refractivity contribution in [2.75, 3.05) is 11.9 Å². The van der Waals surface area contributed by atoms with Gasteiger partial charge in [0.05, 0.1) is 10.9 Å². The number of benzene rings is 3. The summed E-state index contributed by atoms with van der Waals surface area (Å²) in [7, 11) is 0. The molecule has 184 valence electrons. The number of aromatic carboxylic acids is 1. The summed E-state index contributed by atoms with van der Waals surface area (Å²) in [6.07, 6.45) is 2.83. The van der Waals surface area contributed by atoms with Crippen LogP contribution in [0.15, 0.2) is 77.2 Å². The van der Waals surface area contributed by atoms with Crippen LogP contribution in [0, 0.1) is 5.41 Å². The summed E-state index contributed by atoms with van der Waals surface area (Å²) < 4.78 is 6.08. The number of nitrogens with one attached hydrogen (secondary N) is 2. The second-order valence-corrected chi connectivity index (χ2v) is 8.56. The van der Waals surface area contributed by atoms with Gasteiger partial charge in [-0.25, -0.2) is 4.79 Å². The second kappa shape index (κ2) is 9.54. The average molecular weight is 495 g/mol. The Hall–Kier alpha value is -5.05. The van der Waals surface area contributed by atoms with E-state index in [1.54, 1.807) is 54.6 Å². The third-order valence-electron chi connectivity index (χ3n) is 6.12. The average Bonchev–Trinajstić information content (AvgIpc) is 3.19. The van der Waals surface area contributed by atoms with Crippen LogP contribution in [0.1, 0.15) is 23.2 Å². The van der Waals surface area contributed by atoms with Crippen molar-refractivity contribution in [3.05, 3.63) is 83.7 Å². The van der Waals surface area contributed by atoms with Gasteiger partial charge >= 0.3 is 5.97 Å². The molecule has 0 atom stereocenters. The number of fused-ring (bicyclic) bond motifs is 2. The second-order valence-electron chi connectivity index (χ2n) is 8.56. The highest BCUT2D eigenvalue weighted by Gasteiger charge is 2.23. The van der Waals surface area contributed by atoms with E-state index in [0.717, 1.165) is 4.90 Å². The normalized spacial score (nSPS) is 13.0. The van der Waals surface area contributed by atoms with Gasteiger partial charge in [0.2, 0.25) is 5.91 Å². The first kappa shape index (κ1) is 23.7. The van der Waals surface area contributed by atoms with E-state index in [1.165, 1.54) is 18.2 Å². The van der Waals surface area contributed by atoms with Crippen LogP contribution < -0.4 is 10.7 Å². The topological polar surface area (TPSA) is 141 Å². The molecule has 0 spiro atoms. The van der Waals surface area contributed by atoms with Crippen LogP contribution in [0.2, 0.25) is 0 Å². The number of nitrogens with zero attached hydrogens (tertiary/aromatic N) is 1. The van der Waals surface area contributed by atoms with E-state index in [2.05, 4.69) is 5.32 Å². The molecule has 2 aliphatic heterocycles. The fourth-order valence-corrected chi connectivity index (χ4v) is 4.42. The van der Waals surface area contributed by atoms with Gasteiger partial charge in [0, 0.05) is 59.5 Å². The Morgan fingerprint density at radius 2 is 1.70 bits per heavy atom. The highest BCUT2D eigenvalue weighted by Crippen LogP contribution is 2.41. The van der Waals surface area contributed by atoms with Crippen molar-refractivity contribution < 1.29 is 28.7 Å². The lowest BCUT2D eigenvalue weighted by molar-refractivity contribution is -0.137. The van der Waals surface area contributed by atoms with E-state index in [1.807, 2.05) is 0 Å². The Morgan fingerprint density at radius 1 is 0.946 bits per heavy atom. The summed E-state index contributed by atoms with van der Waals surface area (Å²) in [5.41, 5.74) is 2.83. The Kier molecular flexibility index (Phi) is 6.10.